The molecule has 3 N–H and O–H groups in total. The molecule has 6 nitrogen and oxygen atoms in total. The van der Waals surface area contributed by atoms with Crippen molar-refractivity contribution in [2.45, 2.75) is 25.2 Å². The predicted octanol–water partition coefficient (Wildman–Crippen LogP) is 2.06. The number of thiazole rings is 1. The summed E-state index contributed by atoms with van der Waals surface area (Å²) in [6.45, 7) is 2.56. The molecule has 1 saturated heterocycles. The van der Waals surface area contributed by atoms with E-state index in [0.717, 1.165) is 31.4 Å². The largest absolute Gasteiger partial charge is 0.351 e. The number of primary amides is 1. The van der Waals surface area contributed by atoms with Gasteiger partial charge in [0.15, 0.2) is 0 Å². The van der Waals surface area contributed by atoms with Gasteiger partial charge in [-0.05, 0) is 38.1 Å². The molecule has 0 unspecified atom stereocenters. The van der Waals surface area contributed by atoms with E-state index < -0.39 is 6.03 Å². The number of imide groups is 1. The van der Waals surface area contributed by atoms with Crippen molar-refractivity contribution in [2.24, 2.45) is 5.73 Å². The summed E-state index contributed by atoms with van der Waals surface area (Å²) < 4.78 is 1.24. The van der Waals surface area contributed by atoms with Crippen LogP contribution in [0.1, 0.15) is 30.2 Å². The van der Waals surface area contributed by atoms with Crippen LogP contribution in [0.5, 0.6) is 0 Å². The number of benzene rings is 1. The van der Waals surface area contributed by atoms with Crippen molar-refractivity contribution in [1.29, 1.82) is 0 Å². The zero-order valence-electron chi connectivity index (χ0n) is 12.8. The van der Waals surface area contributed by atoms with Crippen LogP contribution in [0.4, 0.5) is 4.79 Å². The Morgan fingerprint density at radius 1 is 1.30 bits per heavy atom. The number of aromatic nitrogens is 1. The summed E-state index contributed by atoms with van der Waals surface area (Å²) in [4.78, 5) is 29.0. The lowest BCUT2D eigenvalue weighted by molar-refractivity contribution is -0.120. The van der Waals surface area contributed by atoms with Crippen molar-refractivity contribution < 1.29 is 9.59 Å². The van der Waals surface area contributed by atoms with Gasteiger partial charge < -0.3 is 10.6 Å². The van der Waals surface area contributed by atoms with E-state index in [9.17, 15) is 9.59 Å². The average Bonchev–Trinajstić information content (AvgIpc) is 2.97. The Kier molecular flexibility index (Phi) is 4.88. The molecule has 0 aliphatic carbocycles. The van der Waals surface area contributed by atoms with Crippen LogP contribution in [0.3, 0.4) is 0 Å². The van der Waals surface area contributed by atoms with Crippen molar-refractivity contribution in [3.63, 3.8) is 0 Å². The number of nitrogens with zero attached hydrogens (tertiary/aromatic N) is 2. The van der Waals surface area contributed by atoms with E-state index in [4.69, 9.17) is 10.7 Å². The van der Waals surface area contributed by atoms with E-state index in [-0.39, 0.29) is 5.91 Å². The SMILES string of the molecule is NC(=O)NC(=O)CCN1CCC(c2nc3ccccc3s2)CC1. The van der Waals surface area contributed by atoms with Crippen LogP contribution < -0.4 is 11.1 Å². The molecule has 1 aliphatic rings. The number of carbonyl (C=O) groups excluding carboxylic acids is 2. The van der Waals surface area contributed by atoms with Gasteiger partial charge in [-0.15, -0.1) is 11.3 Å². The highest BCUT2D eigenvalue weighted by Gasteiger charge is 2.23. The predicted molar refractivity (Wildman–Crippen MR) is 90.4 cm³/mol. The summed E-state index contributed by atoms with van der Waals surface area (Å²) in [6, 6.07) is 7.45. The molecule has 0 atom stereocenters. The zero-order valence-corrected chi connectivity index (χ0v) is 13.6. The average molecular weight is 332 g/mol. The molecule has 23 heavy (non-hydrogen) atoms. The van der Waals surface area contributed by atoms with Crippen molar-refractivity contribution in [3.05, 3.63) is 29.3 Å². The number of nitrogens with two attached hydrogens (primary N) is 1. The molecule has 7 heteroatoms. The minimum Gasteiger partial charge on any atom is -0.351 e. The van der Waals surface area contributed by atoms with Crippen LogP contribution in [-0.4, -0.2) is 41.5 Å². The van der Waals surface area contributed by atoms with Gasteiger partial charge in [-0.3, -0.25) is 10.1 Å². The maximum absolute atomic E-state index is 11.4. The fourth-order valence-corrected chi connectivity index (χ4v) is 4.06. The third-order valence-corrected chi connectivity index (χ3v) is 5.36. The highest BCUT2D eigenvalue weighted by atomic mass is 32.1. The van der Waals surface area contributed by atoms with E-state index in [1.807, 2.05) is 12.1 Å². The molecule has 2 heterocycles. The van der Waals surface area contributed by atoms with Crippen LogP contribution in [0.15, 0.2) is 24.3 Å². The molecule has 0 spiro atoms. The molecule has 1 fully saturated rings. The first-order valence-electron chi connectivity index (χ1n) is 7.79. The van der Waals surface area contributed by atoms with Crippen LogP contribution in [0.25, 0.3) is 10.2 Å². The monoisotopic (exact) mass is 332 g/mol. The number of urea groups is 1. The lowest BCUT2D eigenvalue weighted by Gasteiger charge is -2.30. The van der Waals surface area contributed by atoms with Crippen molar-refractivity contribution >= 4 is 33.5 Å². The van der Waals surface area contributed by atoms with Crippen LogP contribution >= 0.6 is 11.3 Å². The quantitative estimate of drug-likeness (QED) is 0.897. The number of carbonyl (C=O) groups is 2. The van der Waals surface area contributed by atoms with Crippen LogP contribution in [-0.2, 0) is 4.79 Å². The van der Waals surface area contributed by atoms with Gasteiger partial charge in [0, 0.05) is 18.9 Å². The van der Waals surface area contributed by atoms with E-state index in [0.29, 0.717) is 18.9 Å². The molecule has 3 amide bonds. The highest BCUT2D eigenvalue weighted by molar-refractivity contribution is 7.18. The van der Waals surface area contributed by atoms with Gasteiger partial charge in [-0.2, -0.15) is 0 Å². The molecule has 0 radical (unpaired) electrons. The summed E-state index contributed by atoms with van der Waals surface area (Å²) in [6.07, 6.45) is 2.41. The van der Waals surface area contributed by atoms with Gasteiger partial charge in [0.25, 0.3) is 0 Å². The van der Waals surface area contributed by atoms with Crippen molar-refractivity contribution in [3.8, 4) is 0 Å². The summed E-state index contributed by atoms with van der Waals surface area (Å²) >= 11 is 1.78. The van der Waals surface area contributed by atoms with Crippen molar-refractivity contribution in [1.82, 2.24) is 15.2 Å². The molecule has 122 valence electrons. The Balaban J connectivity index is 1.50. The first-order valence-corrected chi connectivity index (χ1v) is 8.60. The fourth-order valence-electron chi connectivity index (χ4n) is 2.93. The number of nitrogens with one attached hydrogen (secondary N) is 1. The van der Waals surface area contributed by atoms with Gasteiger partial charge in [0.1, 0.15) is 0 Å². The number of hydrogen-bond donors (Lipinski definition) is 2. The molecule has 1 aliphatic heterocycles. The second-order valence-corrected chi connectivity index (χ2v) is 6.86. The van der Waals surface area contributed by atoms with Crippen molar-refractivity contribution in [2.75, 3.05) is 19.6 Å². The first kappa shape index (κ1) is 15.9. The summed E-state index contributed by atoms with van der Waals surface area (Å²) in [5, 5.41) is 3.32. The van der Waals surface area contributed by atoms with Crippen LogP contribution in [0, 0.1) is 0 Å². The Labute approximate surface area is 138 Å². The molecule has 3 rings (SSSR count). The second-order valence-electron chi connectivity index (χ2n) is 5.80. The standard InChI is InChI=1S/C16H20N4O2S/c17-16(22)19-14(21)7-10-20-8-5-11(6-9-20)15-18-12-3-1-2-4-13(12)23-15/h1-4,11H,5-10H2,(H3,17,19,21,22). The topological polar surface area (TPSA) is 88.3 Å². The number of rotatable bonds is 4. The van der Waals surface area contributed by atoms with Gasteiger partial charge >= 0.3 is 6.03 Å². The molecule has 1 aromatic carbocycles. The Morgan fingerprint density at radius 3 is 2.74 bits per heavy atom. The number of piperidine rings is 1. The number of amides is 3. The molecule has 0 saturated carbocycles. The third kappa shape index (κ3) is 4.05. The number of likely N-dealkylation sites (tertiary alicyclic amines) is 1. The van der Waals surface area contributed by atoms with E-state index in [1.165, 1.54) is 9.71 Å². The molecular weight excluding hydrogens is 312 g/mol. The van der Waals surface area contributed by atoms with Gasteiger partial charge in [-0.1, -0.05) is 12.1 Å². The Bertz CT molecular complexity index is 674. The first-order chi connectivity index (χ1) is 11.1. The lowest BCUT2D eigenvalue weighted by Crippen LogP contribution is -2.39. The van der Waals surface area contributed by atoms with E-state index in [1.54, 1.807) is 11.3 Å². The Morgan fingerprint density at radius 2 is 2.04 bits per heavy atom. The van der Waals surface area contributed by atoms with E-state index in [2.05, 4.69) is 22.3 Å². The van der Waals surface area contributed by atoms with Gasteiger partial charge in [-0.25, -0.2) is 9.78 Å². The minimum absolute atomic E-state index is 0.300. The van der Waals surface area contributed by atoms with Gasteiger partial charge in [0.2, 0.25) is 5.91 Å². The molecular formula is C16H20N4O2S. The smallest absolute Gasteiger partial charge is 0.318 e. The van der Waals surface area contributed by atoms with Crippen LogP contribution in [0.2, 0.25) is 0 Å². The number of hydrogen-bond acceptors (Lipinski definition) is 5. The zero-order chi connectivity index (χ0) is 16.2. The maximum atomic E-state index is 11.4. The number of para-hydroxylation sites is 1. The third-order valence-electron chi connectivity index (χ3n) is 4.16. The fraction of sp³-hybridized carbons (Fsp3) is 0.438. The lowest BCUT2D eigenvalue weighted by atomic mass is 9.97. The summed E-state index contributed by atoms with van der Waals surface area (Å²) in [5.74, 6) is 0.189. The molecule has 2 aromatic rings. The summed E-state index contributed by atoms with van der Waals surface area (Å²) in [7, 11) is 0. The molecule has 0 bridgehead atoms. The maximum Gasteiger partial charge on any atom is 0.318 e. The number of fused-ring (bicyclic) bond motifs is 1. The molecule has 1 aromatic heterocycles. The van der Waals surface area contributed by atoms with Gasteiger partial charge in [0.05, 0.1) is 15.2 Å². The second kappa shape index (κ2) is 7.06. The highest BCUT2D eigenvalue weighted by Crippen LogP contribution is 2.33. The van der Waals surface area contributed by atoms with E-state index >= 15 is 0 Å². The minimum atomic E-state index is -0.787. The summed E-state index contributed by atoms with van der Waals surface area (Å²) in [5.41, 5.74) is 6.01. The Hall–Kier alpha value is -1.99. The normalized spacial score (nSPS) is 16.5.